The van der Waals surface area contributed by atoms with Gasteiger partial charge in [0.25, 0.3) is 0 Å². The van der Waals surface area contributed by atoms with E-state index in [9.17, 15) is 19.2 Å². The first kappa shape index (κ1) is 38.7. The van der Waals surface area contributed by atoms with E-state index in [1.165, 1.54) is 12.8 Å². The highest BCUT2D eigenvalue weighted by Gasteiger charge is 2.64. The third kappa shape index (κ3) is 6.89. The first-order valence-electron chi connectivity index (χ1n) is 17.8. The van der Waals surface area contributed by atoms with Gasteiger partial charge in [0.15, 0.2) is 13.2 Å². The Morgan fingerprint density at radius 3 is 1.42 bits per heavy atom. The van der Waals surface area contributed by atoms with Crippen molar-refractivity contribution >= 4 is 55.7 Å². The molecule has 52 heavy (non-hydrogen) atoms. The zero-order valence-electron chi connectivity index (χ0n) is 30.4. The molecule has 12 nitrogen and oxygen atoms in total. The quantitative estimate of drug-likeness (QED) is 0.160. The smallest absolute Gasteiger partial charge is 0.349 e. The normalized spacial score (nSPS) is 34.7. The molecule has 6 aliphatic rings. The van der Waals surface area contributed by atoms with Crippen LogP contribution in [0.4, 0.5) is 0 Å². The molecule has 2 N–H and O–H groups in total. The Morgan fingerprint density at radius 2 is 1.10 bits per heavy atom. The fourth-order valence-corrected chi connectivity index (χ4v) is 10.00. The van der Waals surface area contributed by atoms with Gasteiger partial charge in [0.2, 0.25) is 12.6 Å². The summed E-state index contributed by atoms with van der Waals surface area (Å²) in [6.45, 7) is 12.7. The van der Waals surface area contributed by atoms with Gasteiger partial charge < -0.3 is 39.1 Å². The maximum atomic E-state index is 12.4. The molecule has 4 bridgehead atoms. The molecule has 4 aliphatic carbocycles. The number of carbonyl (C=O) groups excluding carboxylic acids is 4. The largest absolute Gasteiger partial charge is 0.451 e. The van der Waals surface area contributed by atoms with E-state index < -0.39 is 36.5 Å². The second kappa shape index (κ2) is 14.7. The summed E-state index contributed by atoms with van der Waals surface area (Å²) in [6, 6.07) is 0. The lowest BCUT2D eigenvalue weighted by Crippen LogP contribution is -2.41. The highest BCUT2D eigenvalue weighted by atomic mass is 79.9. The van der Waals surface area contributed by atoms with E-state index >= 15 is 0 Å². The summed E-state index contributed by atoms with van der Waals surface area (Å²) >= 11 is 6.51. The molecular weight excluding hydrogens is 804 g/mol. The molecule has 6 rings (SSSR count). The molecule has 2 heterocycles. The summed E-state index contributed by atoms with van der Waals surface area (Å²) in [6.07, 6.45) is 4.21. The number of nitrogens with one attached hydrogen (secondary N) is 2. The first-order valence-corrected chi connectivity index (χ1v) is 19.3. The minimum absolute atomic E-state index is 0.0302. The molecule has 0 unspecified atom stereocenters. The monoisotopic (exact) mass is 848 g/mol. The summed E-state index contributed by atoms with van der Waals surface area (Å²) in [5.74, 6) is 9.09. The van der Waals surface area contributed by atoms with Gasteiger partial charge >= 0.3 is 23.9 Å². The molecule has 4 saturated carbocycles. The van der Waals surface area contributed by atoms with Gasteiger partial charge in [0, 0.05) is 0 Å². The maximum Gasteiger partial charge on any atom is 0.349 e. The van der Waals surface area contributed by atoms with Gasteiger partial charge in [-0.3, -0.25) is 9.59 Å². The molecule has 0 saturated heterocycles. The van der Waals surface area contributed by atoms with Crippen LogP contribution < -0.4 is 10.6 Å². The number of fused-ring (bicyclic) bond motifs is 4. The van der Waals surface area contributed by atoms with Gasteiger partial charge in [0.05, 0.1) is 12.2 Å². The molecule has 282 valence electrons. The average Bonchev–Trinajstić information content (AvgIpc) is 3.77. The van der Waals surface area contributed by atoms with Crippen molar-refractivity contribution in [1.82, 2.24) is 10.6 Å². The van der Waals surface area contributed by atoms with Crippen LogP contribution >= 0.6 is 31.9 Å². The second-order valence-electron chi connectivity index (χ2n) is 16.0. The van der Waals surface area contributed by atoms with E-state index in [1.807, 2.05) is 0 Å². The number of hydrogen-bond donors (Lipinski definition) is 2. The summed E-state index contributed by atoms with van der Waals surface area (Å²) in [4.78, 5) is 49.3. The number of cyclic esters (lactones) is 2. The minimum atomic E-state index is -0.939. The zero-order chi connectivity index (χ0) is 37.6. The fourth-order valence-electron chi connectivity index (χ4n) is 9.16. The summed E-state index contributed by atoms with van der Waals surface area (Å²) in [7, 11) is 0. The molecule has 0 radical (unpaired) electrons. The number of hydrogen-bond acceptors (Lipinski definition) is 12. The highest BCUT2D eigenvalue weighted by molar-refractivity contribution is 9.12. The third-order valence-electron chi connectivity index (χ3n) is 13.4. The molecule has 2 aliphatic heterocycles. The predicted octanol–water partition coefficient (Wildman–Crippen LogP) is 4.70. The van der Waals surface area contributed by atoms with E-state index in [2.05, 4.69) is 108 Å². The number of esters is 4. The minimum Gasteiger partial charge on any atom is -0.451 e. The van der Waals surface area contributed by atoms with Crippen LogP contribution in [0.2, 0.25) is 0 Å². The second-order valence-corrected chi connectivity index (χ2v) is 17.6. The van der Waals surface area contributed by atoms with Crippen molar-refractivity contribution in [3.05, 3.63) is 20.4 Å². The number of ether oxygens (including phenoxy) is 6. The zero-order valence-corrected chi connectivity index (χ0v) is 33.5. The molecule has 4 fully saturated rings. The Kier molecular flexibility index (Phi) is 10.9. The molecular formula is C38H46Br2N2O10. The van der Waals surface area contributed by atoms with E-state index in [0.29, 0.717) is 23.2 Å². The Hall–Kier alpha value is -3.04. The lowest BCUT2D eigenvalue weighted by Gasteiger charge is -2.39. The number of halogens is 2. The molecule has 0 spiro atoms. The van der Waals surface area contributed by atoms with Gasteiger partial charge in [0.1, 0.15) is 33.4 Å². The Bertz CT molecular complexity index is 1590. The van der Waals surface area contributed by atoms with E-state index in [4.69, 9.17) is 28.4 Å². The van der Waals surface area contributed by atoms with E-state index in [1.54, 1.807) is 0 Å². The van der Waals surface area contributed by atoms with Gasteiger partial charge in [-0.05, 0) is 128 Å². The molecule has 8 atom stereocenters. The Balaban J connectivity index is 0.885. The van der Waals surface area contributed by atoms with Gasteiger partial charge in [-0.25, -0.2) is 9.59 Å². The van der Waals surface area contributed by atoms with Crippen LogP contribution in [0.5, 0.6) is 0 Å². The molecule has 0 aromatic heterocycles. The summed E-state index contributed by atoms with van der Waals surface area (Å²) < 4.78 is 34.2. The molecule has 0 aromatic rings. The SMILES string of the molecule is CC1(C)[C@H]2CC[C@]1(C)[C@H](O[C@H]1OC(=O)C(Br)=C1NCC(=O)OCC#CC#CCOC(=O)CNC1=C(Br)C(=O)O[C@@H]1O[C@@H]1C[C@@H]3CC[C@@]1(C)C3(C)C)C2. The maximum absolute atomic E-state index is 12.4. The lowest BCUT2D eigenvalue weighted by atomic mass is 9.70. The van der Waals surface area contributed by atoms with Gasteiger partial charge in [-0.1, -0.05) is 41.5 Å². The Labute approximate surface area is 321 Å². The number of rotatable bonds is 12. The van der Waals surface area contributed by atoms with Crippen LogP contribution in [-0.2, 0) is 47.6 Å². The van der Waals surface area contributed by atoms with Crippen molar-refractivity contribution in [1.29, 1.82) is 0 Å². The fraction of sp³-hybridized carbons (Fsp3) is 0.684. The lowest BCUT2D eigenvalue weighted by molar-refractivity contribution is -0.184. The predicted molar refractivity (Wildman–Crippen MR) is 193 cm³/mol. The Morgan fingerprint density at radius 1 is 0.712 bits per heavy atom. The van der Waals surface area contributed by atoms with E-state index in [0.717, 1.165) is 25.7 Å². The first-order chi connectivity index (χ1) is 24.5. The van der Waals surface area contributed by atoms with Gasteiger partial charge in [-0.2, -0.15) is 0 Å². The van der Waals surface area contributed by atoms with Crippen LogP contribution in [0.25, 0.3) is 0 Å². The van der Waals surface area contributed by atoms with Crippen molar-refractivity contribution in [2.24, 2.45) is 33.5 Å². The van der Waals surface area contributed by atoms with Crippen molar-refractivity contribution in [2.45, 2.75) is 105 Å². The van der Waals surface area contributed by atoms with Gasteiger partial charge in [-0.15, -0.1) is 0 Å². The summed E-state index contributed by atoms with van der Waals surface area (Å²) in [5.41, 5.74) is 0.896. The molecule has 0 amide bonds. The third-order valence-corrected chi connectivity index (χ3v) is 14.9. The van der Waals surface area contributed by atoms with Crippen LogP contribution in [0, 0.1) is 57.2 Å². The highest BCUT2D eigenvalue weighted by Crippen LogP contribution is 2.67. The average molecular weight is 851 g/mol. The van der Waals surface area contributed by atoms with Crippen molar-refractivity contribution in [3.8, 4) is 23.7 Å². The summed E-state index contributed by atoms with van der Waals surface area (Å²) in [5, 5.41) is 5.85. The number of carbonyl (C=O) groups is 4. The molecule has 14 heteroatoms. The van der Waals surface area contributed by atoms with Crippen LogP contribution in [0.15, 0.2) is 20.4 Å². The standard InChI is InChI=1S/C38H46Br2N2O10/c1-35(2)21-11-13-37(35,5)23(17-21)49-33-29(27(39)31(45)51-33)41-19-25(43)47-15-9-7-8-10-16-48-26(44)20-42-30-28(40)32(46)52-34(30)50-24-18-22-12-14-38(24,6)36(22,3)4/h21-24,33-34,41-42H,11-20H2,1-6H3/t21-,22-,23+,24+,33-,34-,37+,38+/m0/s1. The van der Waals surface area contributed by atoms with Crippen molar-refractivity contribution in [3.63, 3.8) is 0 Å². The van der Waals surface area contributed by atoms with Crippen LogP contribution in [-0.4, -0.2) is 75.0 Å². The topological polar surface area (TPSA) is 148 Å². The van der Waals surface area contributed by atoms with Crippen LogP contribution in [0.3, 0.4) is 0 Å². The van der Waals surface area contributed by atoms with Crippen LogP contribution in [0.1, 0.15) is 80.1 Å². The van der Waals surface area contributed by atoms with E-state index in [-0.39, 0.29) is 69.1 Å². The molecule has 0 aromatic carbocycles. The van der Waals surface area contributed by atoms with Crippen molar-refractivity contribution in [2.75, 3.05) is 26.3 Å². The van der Waals surface area contributed by atoms with Crippen molar-refractivity contribution < 1.29 is 47.6 Å².